The third-order valence-corrected chi connectivity index (χ3v) is 5.65. The van der Waals surface area contributed by atoms with E-state index in [1.165, 1.54) is 12.1 Å². The predicted molar refractivity (Wildman–Crippen MR) is 109 cm³/mol. The molecule has 144 valence electrons. The average molecular weight is 395 g/mol. The first-order valence-electron chi connectivity index (χ1n) is 8.72. The normalized spacial score (nSPS) is 11.1. The second-order valence-corrected chi connectivity index (χ2v) is 8.17. The number of hydrogen-bond acceptors (Lipinski definition) is 4. The van der Waals surface area contributed by atoms with E-state index in [0.29, 0.717) is 23.4 Å². The maximum absolute atomic E-state index is 12.7. The molecular weight excluding hydrogens is 374 g/mol. The van der Waals surface area contributed by atoms with E-state index in [-0.39, 0.29) is 10.8 Å². The van der Waals surface area contributed by atoms with Crippen molar-refractivity contribution in [2.24, 2.45) is 0 Å². The van der Waals surface area contributed by atoms with Crippen LogP contribution in [0.15, 0.2) is 71.9 Å². The molecule has 1 heterocycles. The number of nitrogens with zero attached hydrogens (tertiary/aromatic N) is 1. The molecule has 3 aromatic rings. The van der Waals surface area contributed by atoms with Crippen molar-refractivity contribution in [1.29, 1.82) is 0 Å². The number of aryl methyl sites for hydroxylation is 2. The van der Waals surface area contributed by atoms with E-state index in [9.17, 15) is 13.2 Å². The van der Waals surface area contributed by atoms with E-state index < -0.39 is 10.0 Å². The van der Waals surface area contributed by atoms with Crippen molar-refractivity contribution >= 4 is 21.6 Å². The minimum Gasteiger partial charge on any atom is -0.348 e. The monoisotopic (exact) mass is 395 g/mol. The Hall–Kier alpha value is -3.19. The van der Waals surface area contributed by atoms with Crippen molar-refractivity contribution < 1.29 is 13.2 Å². The molecule has 7 heteroatoms. The summed E-state index contributed by atoms with van der Waals surface area (Å²) in [6.45, 7) is 4.03. The van der Waals surface area contributed by atoms with Crippen molar-refractivity contribution in [2.75, 3.05) is 4.72 Å². The lowest BCUT2D eigenvalue weighted by Crippen LogP contribution is -2.24. The molecule has 1 aromatic heterocycles. The molecule has 0 saturated carbocycles. The molecule has 0 spiro atoms. The van der Waals surface area contributed by atoms with Crippen LogP contribution in [0.1, 0.15) is 27.0 Å². The minimum atomic E-state index is -3.80. The van der Waals surface area contributed by atoms with Crippen LogP contribution in [0.3, 0.4) is 0 Å². The summed E-state index contributed by atoms with van der Waals surface area (Å²) in [5.41, 5.74) is 3.43. The van der Waals surface area contributed by atoms with Gasteiger partial charge >= 0.3 is 0 Å². The Bertz CT molecular complexity index is 1080. The van der Waals surface area contributed by atoms with Crippen LogP contribution in [-0.4, -0.2) is 19.3 Å². The van der Waals surface area contributed by atoms with Gasteiger partial charge in [0.25, 0.3) is 15.9 Å². The number of rotatable bonds is 6. The largest absolute Gasteiger partial charge is 0.348 e. The van der Waals surface area contributed by atoms with E-state index >= 15 is 0 Å². The maximum atomic E-state index is 12.7. The minimum absolute atomic E-state index is 0.0349. The Labute approximate surface area is 164 Å². The van der Waals surface area contributed by atoms with Gasteiger partial charge in [-0.15, -0.1) is 0 Å². The van der Waals surface area contributed by atoms with Gasteiger partial charge in [-0.3, -0.25) is 14.5 Å². The Balaban J connectivity index is 1.79. The van der Waals surface area contributed by atoms with E-state index in [2.05, 4.69) is 15.0 Å². The van der Waals surface area contributed by atoms with Crippen LogP contribution < -0.4 is 10.0 Å². The number of hydrogen-bond donors (Lipinski definition) is 2. The molecule has 6 nitrogen and oxygen atoms in total. The summed E-state index contributed by atoms with van der Waals surface area (Å²) < 4.78 is 27.9. The first-order chi connectivity index (χ1) is 13.3. The van der Waals surface area contributed by atoms with Crippen molar-refractivity contribution in [2.45, 2.75) is 25.3 Å². The molecule has 28 heavy (non-hydrogen) atoms. The van der Waals surface area contributed by atoms with Crippen LogP contribution >= 0.6 is 0 Å². The van der Waals surface area contributed by atoms with Crippen LogP contribution in [0.2, 0.25) is 0 Å². The predicted octanol–water partition coefficient (Wildman–Crippen LogP) is 3.43. The van der Waals surface area contributed by atoms with Crippen molar-refractivity contribution in [3.8, 4) is 0 Å². The van der Waals surface area contributed by atoms with Gasteiger partial charge in [0.1, 0.15) is 0 Å². The first-order valence-corrected chi connectivity index (χ1v) is 10.2. The number of carbonyl (C=O) groups excluding carboxylic acids is 1. The second-order valence-electron chi connectivity index (χ2n) is 6.49. The highest BCUT2D eigenvalue weighted by atomic mass is 32.2. The summed E-state index contributed by atoms with van der Waals surface area (Å²) in [6.07, 6.45) is 3.30. The van der Waals surface area contributed by atoms with E-state index in [1.807, 2.05) is 19.1 Å². The van der Waals surface area contributed by atoms with Crippen molar-refractivity contribution in [1.82, 2.24) is 10.3 Å². The number of benzene rings is 2. The zero-order valence-electron chi connectivity index (χ0n) is 15.6. The topological polar surface area (TPSA) is 88.2 Å². The second kappa shape index (κ2) is 8.22. The third-order valence-electron chi connectivity index (χ3n) is 4.27. The van der Waals surface area contributed by atoms with Crippen LogP contribution in [-0.2, 0) is 16.6 Å². The van der Waals surface area contributed by atoms with Gasteiger partial charge in [-0.1, -0.05) is 23.8 Å². The fourth-order valence-electron chi connectivity index (χ4n) is 2.63. The van der Waals surface area contributed by atoms with Crippen LogP contribution in [0, 0.1) is 13.8 Å². The quantitative estimate of drug-likeness (QED) is 0.669. The van der Waals surface area contributed by atoms with E-state index in [4.69, 9.17) is 0 Å². The molecule has 0 aliphatic rings. The highest BCUT2D eigenvalue weighted by molar-refractivity contribution is 7.92. The smallest absolute Gasteiger partial charge is 0.261 e. The molecule has 2 aromatic carbocycles. The SMILES string of the molecule is Cc1ccc(NS(=O)(=O)c2ccc(C)c(C(=O)NCc3ccncc3)c2)cc1. The Morgan fingerprint density at radius 3 is 2.32 bits per heavy atom. The fourth-order valence-corrected chi connectivity index (χ4v) is 3.71. The van der Waals surface area contributed by atoms with Crippen LogP contribution in [0.5, 0.6) is 0 Å². The number of nitrogens with one attached hydrogen (secondary N) is 2. The molecular formula is C21H21N3O3S. The molecule has 2 N–H and O–H groups in total. The van der Waals surface area contributed by atoms with Crippen molar-refractivity contribution in [3.63, 3.8) is 0 Å². The zero-order chi connectivity index (χ0) is 20.1. The molecule has 0 bridgehead atoms. The zero-order valence-corrected chi connectivity index (χ0v) is 16.5. The number of sulfonamides is 1. The van der Waals surface area contributed by atoms with Gasteiger partial charge in [0.2, 0.25) is 0 Å². The van der Waals surface area contributed by atoms with Gasteiger partial charge in [-0.05, 0) is 61.4 Å². The van der Waals surface area contributed by atoms with Gasteiger partial charge in [-0.2, -0.15) is 0 Å². The van der Waals surface area contributed by atoms with Gasteiger partial charge in [-0.25, -0.2) is 8.42 Å². The van der Waals surface area contributed by atoms with Gasteiger partial charge in [0, 0.05) is 30.2 Å². The maximum Gasteiger partial charge on any atom is 0.261 e. The molecule has 0 saturated heterocycles. The summed E-state index contributed by atoms with van der Waals surface area (Å²) in [6, 6.07) is 15.2. The molecule has 0 aliphatic heterocycles. The van der Waals surface area contributed by atoms with Crippen LogP contribution in [0.4, 0.5) is 5.69 Å². The molecule has 3 rings (SSSR count). The van der Waals surface area contributed by atoms with Gasteiger partial charge in [0.05, 0.1) is 4.90 Å². The lowest BCUT2D eigenvalue weighted by atomic mass is 10.1. The van der Waals surface area contributed by atoms with Gasteiger partial charge < -0.3 is 5.32 Å². The third kappa shape index (κ3) is 4.75. The Morgan fingerprint density at radius 1 is 0.964 bits per heavy atom. The molecule has 0 atom stereocenters. The summed E-state index contributed by atoms with van der Waals surface area (Å²) in [5.74, 6) is -0.332. The van der Waals surface area contributed by atoms with Gasteiger partial charge in [0.15, 0.2) is 0 Å². The average Bonchev–Trinajstić information content (AvgIpc) is 2.69. The molecule has 1 amide bonds. The molecule has 0 fully saturated rings. The number of anilines is 1. The van der Waals surface area contributed by atoms with E-state index in [1.54, 1.807) is 49.6 Å². The van der Waals surface area contributed by atoms with Crippen molar-refractivity contribution in [3.05, 3.63) is 89.2 Å². The highest BCUT2D eigenvalue weighted by Crippen LogP contribution is 2.20. The summed E-state index contributed by atoms with van der Waals surface area (Å²) in [7, 11) is -3.80. The van der Waals surface area contributed by atoms with E-state index in [0.717, 1.165) is 11.1 Å². The lowest BCUT2D eigenvalue weighted by molar-refractivity contribution is 0.0950. The lowest BCUT2D eigenvalue weighted by Gasteiger charge is -2.12. The number of pyridine rings is 1. The fraction of sp³-hybridized carbons (Fsp3) is 0.143. The Kier molecular flexibility index (Phi) is 5.75. The summed E-state index contributed by atoms with van der Waals surface area (Å²) in [4.78, 5) is 16.5. The standard InChI is InChI=1S/C21H21N3O3S/c1-15-3-6-18(7-4-15)24-28(26,27)19-8-5-16(2)20(13-19)21(25)23-14-17-9-11-22-12-10-17/h3-13,24H,14H2,1-2H3,(H,23,25). The highest BCUT2D eigenvalue weighted by Gasteiger charge is 2.18. The summed E-state index contributed by atoms with van der Waals surface area (Å²) in [5, 5.41) is 2.81. The summed E-state index contributed by atoms with van der Waals surface area (Å²) >= 11 is 0. The molecule has 0 radical (unpaired) electrons. The number of amides is 1. The van der Waals surface area contributed by atoms with Crippen LogP contribution in [0.25, 0.3) is 0 Å². The first kappa shape index (κ1) is 19.6. The Morgan fingerprint density at radius 2 is 1.64 bits per heavy atom. The molecule has 0 unspecified atom stereocenters. The molecule has 0 aliphatic carbocycles. The number of aromatic nitrogens is 1. The number of carbonyl (C=O) groups is 1.